The molecule has 1 amide bonds. The molecule has 1 saturated heterocycles. The Morgan fingerprint density at radius 1 is 0.846 bits per heavy atom. The van der Waals surface area contributed by atoms with Crippen molar-refractivity contribution in [1.82, 2.24) is 0 Å². The topological polar surface area (TPSA) is 32.3 Å². The molecule has 0 radical (unpaired) electrons. The first-order chi connectivity index (χ1) is 12.6. The monoisotopic (exact) mass is 384 g/mol. The quantitative estimate of drug-likeness (QED) is 0.600. The van der Waals surface area contributed by atoms with E-state index in [4.69, 9.17) is 23.2 Å². The van der Waals surface area contributed by atoms with Crippen LogP contribution in [0, 0.1) is 0 Å². The first-order valence-corrected chi connectivity index (χ1v) is 9.43. The second-order valence-corrected chi connectivity index (χ2v) is 7.24. The molecule has 132 valence electrons. The molecule has 3 nitrogen and oxygen atoms in total. The summed E-state index contributed by atoms with van der Waals surface area (Å²) in [7, 11) is 0. The van der Waals surface area contributed by atoms with Gasteiger partial charge in [-0.25, -0.2) is 0 Å². The first-order valence-electron chi connectivity index (χ1n) is 8.67. The molecule has 26 heavy (non-hydrogen) atoms. The average Bonchev–Trinajstić information content (AvgIpc) is 3.16. The maximum absolute atomic E-state index is 13.0. The highest BCUT2D eigenvalue weighted by Gasteiger charge is 2.20. The van der Waals surface area contributed by atoms with Crippen molar-refractivity contribution < 1.29 is 4.79 Å². The number of carbonyl (C=O) groups excluding carboxylic acids is 1. The number of hydrogen-bond acceptors (Lipinski definition) is 2. The highest BCUT2D eigenvalue weighted by atomic mass is 35.5. The summed E-state index contributed by atoms with van der Waals surface area (Å²) in [6, 6.07) is 16.8. The molecule has 5 heteroatoms. The number of anilines is 2. The molecule has 1 aliphatic heterocycles. The number of amides is 1. The lowest BCUT2D eigenvalue weighted by molar-refractivity contribution is 0.102. The number of rotatable bonds is 3. The minimum Gasteiger partial charge on any atom is -0.369 e. The molecule has 0 saturated carbocycles. The Balaban J connectivity index is 1.72. The van der Waals surface area contributed by atoms with E-state index in [-0.39, 0.29) is 5.91 Å². The number of halogens is 2. The van der Waals surface area contributed by atoms with Crippen molar-refractivity contribution in [1.29, 1.82) is 0 Å². The number of nitrogens with zero attached hydrogens (tertiary/aromatic N) is 1. The van der Waals surface area contributed by atoms with Gasteiger partial charge in [0.05, 0.1) is 16.4 Å². The Hall–Kier alpha value is -2.23. The van der Waals surface area contributed by atoms with Crippen LogP contribution in [-0.2, 0) is 0 Å². The minimum absolute atomic E-state index is 0.166. The summed E-state index contributed by atoms with van der Waals surface area (Å²) in [5, 5.41) is 6.05. The molecule has 3 aromatic rings. The number of hydrogen-bond donors (Lipinski definition) is 1. The summed E-state index contributed by atoms with van der Waals surface area (Å²) in [6.45, 7) is 1.91. The number of para-hydroxylation sites is 1. The van der Waals surface area contributed by atoms with Crippen LogP contribution in [0.2, 0.25) is 10.0 Å². The maximum atomic E-state index is 13.0. The summed E-state index contributed by atoms with van der Waals surface area (Å²) < 4.78 is 0. The lowest BCUT2D eigenvalue weighted by atomic mass is 10.0. The zero-order valence-electron chi connectivity index (χ0n) is 14.1. The Kier molecular flexibility index (Phi) is 4.75. The Morgan fingerprint density at radius 2 is 1.50 bits per heavy atom. The van der Waals surface area contributed by atoms with E-state index in [1.54, 1.807) is 0 Å². The molecule has 0 spiro atoms. The van der Waals surface area contributed by atoms with E-state index < -0.39 is 0 Å². The van der Waals surface area contributed by atoms with Gasteiger partial charge in [0, 0.05) is 29.1 Å². The Labute approximate surface area is 162 Å². The van der Waals surface area contributed by atoms with Crippen molar-refractivity contribution in [2.24, 2.45) is 0 Å². The van der Waals surface area contributed by atoms with Crippen molar-refractivity contribution in [3.05, 3.63) is 70.2 Å². The average molecular weight is 385 g/mol. The van der Waals surface area contributed by atoms with Gasteiger partial charge in [-0.3, -0.25) is 4.79 Å². The minimum atomic E-state index is -0.166. The molecule has 0 unspecified atom stereocenters. The summed E-state index contributed by atoms with van der Waals surface area (Å²) >= 11 is 12.7. The van der Waals surface area contributed by atoms with Crippen LogP contribution in [-0.4, -0.2) is 19.0 Å². The van der Waals surface area contributed by atoms with Crippen molar-refractivity contribution in [3.63, 3.8) is 0 Å². The predicted octanol–water partition coefficient (Wildman–Crippen LogP) is 6.00. The van der Waals surface area contributed by atoms with Crippen LogP contribution >= 0.6 is 23.2 Å². The van der Waals surface area contributed by atoms with Gasteiger partial charge in [-0.2, -0.15) is 0 Å². The molecule has 1 N–H and O–H groups in total. The number of benzene rings is 3. The summed E-state index contributed by atoms with van der Waals surface area (Å²) in [4.78, 5) is 15.2. The van der Waals surface area contributed by atoms with Crippen LogP contribution < -0.4 is 10.2 Å². The van der Waals surface area contributed by atoms with Crippen molar-refractivity contribution >= 4 is 51.3 Å². The van der Waals surface area contributed by atoms with Gasteiger partial charge in [0.2, 0.25) is 0 Å². The van der Waals surface area contributed by atoms with Crippen LogP contribution in [0.4, 0.5) is 11.4 Å². The fourth-order valence-corrected chi connectivity index (χ4v) is 4.07. The smallest absolute Gasteiger partial charge is 0.256 e. The molecule has 0 bridgehead atoms. The van der Waals surface area contributed by atoms with Gasteiger partial charge in [0.25, 0.3) is 5.91 Å². The van der Waals surface area contributed by atoms with Gasteiger partial charge >= 0.3 is 0 Å². The molecule has 0 atom stereocenters. The van der Waals surface area contributed by atoms with E-state index in [9.17, 15) is 4.79 Å². The van der Waals surface area contributed by atoms with E-state index in [1.165, 1.54) is 0 Å². The van der Waals surface area contributed by atoms with Crippen molar-refractivity contribution in [2.75, 3.05) is 23.3 Å². The van der Waals surface area contributed by atoms with E-state index in [2.05, 4.69) is 10.2 Å². The van der Waals surface area contributed by atoms with E-state index in [0.29, 0.717) is 15.6 Å². The van der Waals surface area contributed by atoms with E-state index in [1.807, 2.05) is 54.6 Å². The fourth-order valence-electron chi connectivity index (χ4n) is 3.54. The van der Waals surface area contributed by atoms with Gasteiger partial charge in [-0.15, -0.1) is 0 Å². The Morgan fingerprint density at radius 3 is 2.31 bits per heavy atom. The molecule has 0 aromatic heterocycles. The summed E-state index contributed by atoms with van der Waals surface area (Å²) in [5.41, 5.74) is 2.24. The van der Waals surface area contributed by atoms with Gasteiger partial charge < -0.3 is 10.2 Å². The van der Waals surface area contributed by atoms with Crippen LogP contribution in [0.15, 0.2) is 54.6 Å². The Bertz CT molecular complexity index is 981. The molecule has 4 rings (SSSR count). The van der Waals surface area contributed by atoms with Gasteiger partial charge in [0.1, 0.15) is 0 Å². The van der Waals surface area contributed by atoms with Crippen LogP contribution in [0.3, 0.4) is 0 Å². The standard InChI is InChI=1S/C21H18Cl2N2O/c22-17-9-4-6-14-15(17)7-3-8-16(14)21(26)24-19-11-5-10-18(23)20(19)25-12-1-2-13-25/h3-11H,1-2,12-13H2,(H,24,26). The highest BCUT2D eigenvalue weighted by Crippen LogP contribution is 2.36. The normalized spacial score (nSPS) is 14.0. The van der Waals surface area contributed by atoms with Crippen molar-refractivity contribution in [3.8, 4) is 0 Å². The number of nitrogens with one attached hydrogen (secondary N) is 1. The molecule has 3 aromatic carbocycles. The lowest BCUT2D eigenvalue weighted by Crippen LogP contribution is -2.21. The molecular weight excluding hydrogens is 367 g/mol. The third-order valence-corrected chi connectivity index (χ3v) is 5.41. The second-order valence-electron chi connectivity index (χ2n) is 6.42. The number of carbonyl (C=O) groups is 1. The maximum Gasteiger partial charge on any atom is 0.256 e. The van der Waals surface area contributed by atoms with Gasteiger partial charge in [0.15, 0.2) is 0 Å². The van der Waals surface area contributed by atoms with Crippen LogP contribution in [0.5, 0.6) is 0 Å². The van der Waals surface area contributed by atoms with E-state index in [0.717, 1.165) is 48.1 Å². The molecule has 0 aliphatic carbocycles. The first kappa shape index (κ1) is 17.2. The molecular formula is C21H18Cl2N2O. The van der Waals surface area contributed by atoms with Crippen LogP contribution in [0.25, 0.3) is 10.8 Å². The van der Waals surface area contributed by atoms with Gasteiger partial charge in [-0.1, -0.05) is 53.5 Å². The largest absolute Gasteiger partial charge is 0.369 e. The lowest BCUT2D eigenvalue weighted by Gasteiger charge is -2.23. The van der Waals surface area contributed by atoms with E-state index >= 15 is 0 Å². The predicted molar refractivity (Wildman–Crippen MR) is 110 cm³/mol. The third kappa shape index (κ3) is 3.13. The van der Waals surface area contributed by atoms with Gasteiger partial charge in [-0.05, 0) is 42.5 Å². The summed E-state index contributed by atoms with van der Waals surface area (Å²) in [5.74, 6) is -0.166. The molecule has 1 fully saturated rings. The zero-order chi connectivity index (χ0) is 18.1. The summed E-state index contributed by atoms with van der Waals surface area (Å²) in [6.07, 6.45) is 2.28. The fraction of sp³-hybridized carbons (Fsp3) is 0.190. The second kappa shape index (κ2) is 7.18. The SMILES string of the molecule is O=C(Nc1cccc(Cl)c1N1CCCC1)c1cccc2c(Cl)cccc12. The molecule has 1 heterocycles. The van der Waals surface area contributed by atoms with Crippen LogP contribution in [0.1, 0.15) is 23.2 Å². The third-order valence-electron chi connectivity index (χ3n) is 4.77. The highest BCUT2D eigenvalue weighted by molar-refractivity contribution is 6.36. The number of fused-ring (bicyclic) bond motifs is 1. The molecule has 1 aliphatic rings. The zero-order valence-corrected chi connectivity index (χ0v) is 15.6. The van der Waals surface area contributed by atoms with Crippen molar-refractivity contribution in [2.45, 2.75) is 12.8 Å².